The van der Waals surface area contributed by atoms with Gasteiger partial charge >= 0.3 is 23.9 Å². The van der Waals surface area contributed by atoms with E-state index in [0.717, 1.165) is 52.2 Å². The molecule has 11 nitrogen and oxygen atoms in total. The summed E-state index contributed by atoms with van der Waals surface area (Å²) in [7, 11) is 0. The number of hydrogen-bond donors (Lipinski definition) is 0. The highest BCUT2D eigenvalue weighted by atomic mass is 16.6. The molecule has 1 unspecified atom stereocenters. The van der Waals surface area contributed by atoms with Crippen LogP contribution in [0.25, 0.3) is 31.9 Å². The van der Waals surface area contributed by atoms with Gasteiger partial charge in [-0.2, -0.15) is 0 Å². The van der Waals surface area contributed by atoms with Crippen molar-refractivity contribution in [2.75, 3.05) is 13.2 Å². The van der Waals surface area contributed by atoms with Crippen LogP contribution in [0.15, 0.2) is 224 Å². The summed E-state index contributed by atoms with van der Waals surface area (Å²) >= 11 is 0. The topological polar surface area (TPSA) is 123 Å². The molecule has 0 spiro atoms. The second-order valence-corrected chi connectivity index (χ2v) is 21.7. The van der Waals surface area contributed by atoms with Crippen LogP contribution in [0, 0.1) is 45.8 Å². The van der Waals surface area contributed by atoms with E-state index in [1.165, 1.54) is 16.7 Å². The van der Waals surface area contributed by atoms with Crippen LogP contribution >= 0.6 is 0 Å². The van der Waals surface area contributed by atoms with E-state index in [9.17, 15) is 19.2 Å². The zero-order chi connectivity index (χ0) is 62.7. The van der Waals surface area contributed by atoms with Crippen molar-refractivity contribution < 1.29 is 42.9 Å². The van der Waals surface area contributed by atoms with E-state index in [-0.39, 0.29) is 12.7 Å². The third-order valence-corrected chi connectivity index (χ3v) is 13.0. The Labute approximate surface area is 512 Å². The lowest BCUT2D eigenvalue weighted by atomic mass is 9.99. The van der Waals surface area contributed by atoms with Gasteiger partial charge in [-0.25, -0.2) is 28.9 Å². The number of aryl methyl sites for hydroxylation is 3. The van der Waals surface area contributed by atoms with Gasteiger partial charge in [-0.15, -0.1) is 0 Å². The van der Waals surface area contributed by atoms with Crippen LogP contribution in [0.3, 0.4) is 0 Å². The Kier molecular flexibility index (Phi) is 25.6. The average molecular weight is 1160 g/mol. The highest BCUT2D eigenvalue weighted by molar-refractivity contribution is 5.92. The van der Waals surface area contributed by atoms with Crippen LogP contribution in [0.5, 0.6) is 11.5 Å². The van der Waals surface area contributed by atoms with E-state index in [1.54, 1.807) is 74.5 Å². The Morgan fingerprint density at radius 3 is 1.18 bits per heavy atom. The van der Waals surface area contributed by atoms with Crippen molar-refractivity contribution in [3.05, 3.63) is 297 Å². The number of ether oxygens (including phenoxy) is 5. The van der Waals surface area contributed by atoms with Gasteiger partial charge in [-0.05, 0) is 159 Å². The van der Waals surface area contributed by atoms with Gasteiger partial charge in [0.15, 0.2) is 17.5 Å². The third kappa shape index (κ3) is 22.3. The van der Waals surface area contributed by atoms with Gasteiger partial charge in [0, 0.05) is 0 Å². The Hall–Kier alpha value is -10.4. The van der Waals surface area contributed by atoms with Crippen molar-refractivity contribution in [2.24, 2.45) is 11.8 Å². The maximum Gasteiger partial charge on any atom is 0.343 e. The smallest absolute Gasteiger partial charge is 0.343 e. The summed E-state index contributed by atoms with van der Waals surface area (Å²) in [5.41, 5.74) is 13.1. The van der Waals surface area contributed by atoms with Crippen LogP contribution in [0.1, 0.15) is 117 Å². The summed E-state index contributed by atoms with van der Waals surface area (Å²) in [5.74, 6) is 0.757. The minimum absolute atomic E-state index is 0.0612. The summed E-state index contributed by atoms with van der Waals surface area (Å²) in [4.78, 5) is 55.3. The Balaban J connectivity index is 0.000000188. The van der Waals surface area contributed by atoms with Crippen molar-refractivity contribution in [1.82, 2.24) is 0 Å². The van der Waals surface area contributed by atoms with Crippen molar-refractivity contribution in [2.45, 2.75) is 80.9 Å². The van der Waals surface area contributed by atoms with Crippen LogP contribution < -0.4 is 9.47 Å². The maximum absolute atomic E-state index is 12.5. The van der Waals surface area contributed by atoms with Crippen LogP contribution in [0.4, 0.5) is 11.4 Å². The first-order valence-electron chi connectivity index (χ1n) is 28.8. The largest absolute Gasteiger partial charge is 0.493 e. The number of carbonyl (C=O) groups excluding carboxylic acids is 4. The number of hydrogen-bond acceptors (Lipinski definition) is 9. The number of rotatable bonds is 17. The number of carbonyl (C=O) groups is 4. The minimum atomic E-state index is -0.690. The van der Waals surface area contributed by atoms with Gasteiger partial charge in [0.1, 0.15) is 18.1 Å². The molecule has 1 atom stereocenters. The number of nitrogens with zero attached hydrogens (tertiary/aromatic N) is 2. The summed E-state index contributed by atoms with van der Waals surface area (Å²) in [6, 6.07) is 69.1. The lowest BCUT2D eigenvalue weighted by molar-refractivity contribution is -0.00133. The summed E-state index contributed by atoms with van der Waals surface area (Å²) in [5, 5.41) is 0. The molecule has 442 valence electrons. The third-order valence-electron chi connectivity index (χ3n) is 13.0. The van der Waals surface area contributed by atoms with Gasteiger partial charge in [0.05, 0.1) is 48.1 Å². The van der Waals surface area contributed by atoms with E-state index >= 15 is 0 Å². The fourth-order valence-corrected chi connectivity index (χ4v) is 8.24. The normalized spacial score (nSPS) is 10.7. The van der Waals surface area contributed by atoms with Gasteiger partial charge in [0.2, 0.25) is 0 Å². The van der Waals surface area contributed by atoms with E-state index in [0.29, 0.717) is 51.2 Å². The molecule has 0 amide bonds. The van der Waals surface area contributed by atoms with E-state index in [2.05, 4.69) is 61.7 Å². The quantitative estimate of drug-likeness (QED) is 0.0379. The predicted octanol–water partition coefficient (Wildman–Crippen LogP) is 18.9. The zero-order valence-electron chi connectivity index (χ0n) is 50.9. The Morgan fingerprint density at radius 2 is 0.770 bits per heavy atom. The number of benzene rings is 9. The average Bonchev–Trinajstić information content (AvgIpc) is 3.70. The molecule has 9 rings (SSSR count). The van der Waals surface area contributed by atoms with E-state index in [1.807, 2.05) is 160 Å². The fourth-order valence-electron chi connectivity index (χ4n) is 8.24. The molecule has 0 radical (unpaired) electrons. The van der Waals surface area contributed by atoms with Crippen molar-refractivity contribution in [3.8, 4) is 33.8 Å². The predicted molar refractivity (Wildman–Crippen MR) is 346 cm³/mol. The molecule has 0 bridgehead atoms. The molecular weight excluding hydrogens is 1080 g/mol. The first kappa shape index (κ1) is 65.8. The van der Waals surface area contributed by atoms with Crippen LogP contribution in [0.2, 0.25) is 0 Å². The molecule has 0 heterocycles. The highest BCUT2D eigenvalue weighted by Crippen LogP contribution is 2.27. The molecule has 0 saturated carbocycles. The molecule has 0 aliphatic carbocycles. The van der Waals surface area contributed by atoms with Crippen molar-refractivity contribution >= 4 is 35.3 Å². The highest BCUT2D eigenvalue weighted by Gasteiger charge is 2.21. The zero-order valence-corrected chi connectivity index (χ0v) is 50.9. The fraction of sp³-hybridized carbons (Fsp3) is 0.211. The molecule has 0 aliphatic heterocycles. The molecule has 0 N–H and O–H groups in total. The van der Waals surface area contributed by atoms with Gasteiger partial charge in [-0.1, -0.05) is 196 Å². The van der Waals surface area contributed by atoms with Crippen molar-refractivity contribution in [1.29, 1.82) is 0 Å². The monoisotopic (exact) mass is 1160 g/mol. The van der Waals surface area contributed by atoms with E-state index < -0.39 is 30.0 Å². The molecular formula is C76H74N2O9. The lowest BCUT2D eigenvalue weighted by Gasteiger charge is -2.18. The lowest BCUT2D eigenvalue weighted by Crippen LogP contribution is -2.19. The van der Waals surface area contributed by atoms with Gasteiger partial charge in [-0.3, -0.25) is 0 Å². The first-order valence-corrected chi connectivity index (χ1v) is 28.8. The SMILES string of the molecule is Cc1ccc(C(=O)OCC(OC(=O)c2ccc(C)cc2)c2ccccc2)cc1.Cc1ccc(C(=O)Oc2ccc(C(=O)OC(C)C)cc2)cc1.[C-]#[N+]c1ccc(-c2ccc(CC(C)C)cc2)cc1.[C-]#[N+]c1ccc(-c2ccc(OCC(C)C)cc2)cc1. The van der Waals surface area contributed by atoms with Crippen molar-refractivity contribution in [3.63, 3.8) is 0 Å². The van der Waals surface area contributed by atoms with Gasteiger partial charge in [0.25, 0.3) is 0 Å². The van der Waals surface area contributed by atoms with Crippen LogP contribution in [-0.4, -0.2) is 43.2 Å². The second-order valence-electron chi connectivity index (χ2n) is 21.7. The summed E-state index contributed by atoms with van der Waals surface area (Å²) in [6.07, 6.45) is 0.257. The van der Waals surface area contributed by atoms with Gasteiger partial charge < -0.3 is 23.7 Å². The maximum atomic E-state index is 12.5. The minimum Gasteiger partial charge on any atom is -0.493 e. The molecule has 0 aliphatic rings. The molecule has 0 saturated heterocycles. The Morgan fingerprint density at radius 1 is 0.391 bits per heavy atom. The Bertz CT molecular complexity index is 3680. The molecule has 0 aromatic heterocycles. The molecule has 0 fully saturated rings. The van der Waals surface area contributed by atoms with E-state index in [4.69, 9.17) is 36.8 Å². The molecule has 87 heavy (non-hydrogen) atoms. The number of esters is 4. The summed E-state index contributed by atoms with van der Waals surface area (Å²) in [6.45, 7) is 32.7. The summed E-state index contributed by atoms with van der Waals surface area (Å²) < 4.78 is 27.1. The first-order chi connectivity index (χ1) is 41.8. The molecule has 9 aromatic rings. The molecule has 11 heteroatoms. The van der Waals surface area contributed by atoms with Crippen LogP contribution in [-0.2, 0) is 20.6 Å². The second kappa shape index (κ2) is 33.8. The standard InChI is InChI=1S/C24H22O4.C18H18O4.C17H17NO.C17H17N/c1-17-8-12-20(13-9-17)23(25)27-16-22(19-6-4-3-5-7-19)28-24(26)21-14-10-18(2)11-15-21;1-12(2)21-17(19)15-8-10-16(11-9-15)22-18(20)14-6-4-13(3)5-7-14;1-13(2)12-19-17-10-6-15(7-11-17)14-4-8-16(18-3)9-5-14;1-13(2)12-14-4-6-15(7-5-14)16-8-10-17(18-3)11-9-16/h3-15,22H,16H2,1-2H3;4-12H,1-3H3;4-11,13H,12H2,1-2H3;4-11,13H,12H2,1-2H3. The molecule has 9 aromatic carbocycles.